The molecule has 0 bridgehead atoms. The smallest absolute Gasteiger partial charge is 0.155 e. The Morgan fingerprint density at radius 1 is 1.47 bits per heavy atom. The third kappa shape index (κ3) is 1.67. The van der Waals surface area contributed by atoms with E-state index in [0.29, 0.717) is 16.3 Å². The molecular weight excluding hydrogens is 217 g/mol. The molecule has 0 fully saturated rings. The van der Waals surface area contributed by atoms with Crippen molar-refractivity contribution in [3.63, 3.8) is 0 Å². The molecule has 0 spiro atoms. The molecule has 4 heteroatoms. The number of anilines is 1. The first-order chi connectivity index (χ1) is 6.91. The average Bonchev–Trinajstić information content (AvgIpc) is 2.13. The molecule has 0 amide bonds. The zero-order chi connectivity index (χ0) is 11.2. The number of hydrogen-bond acceptors (Lipinski definition) is 2. The van der Waals surface area contributed by atoms with Gasteiger partial charge in [0, 0.05) is 5.56 Å². The van der Waals surface area contributed by atoms with Gasteiger partial charge in [-0.15, -0.1) is 0 Å². The summed E-state index contributed by atoms with van der Waals surface area (Å²) in [6.07, 6.45) is 3.66. The summed E-state index contributed by atoms with van der Waals surface area (Å²) in [7, 11) is 0. The summed E-state index contributed by atoms with van der Waals surface area (Å²) in [4.78, 5) is 0. The minimum atomic E-state index is -0.551. The van der Waals surface area contributed by atoms with E-state index >= 15 is 0 Å². The van der Waals surface area contributed by atoms with Crippen LogP contribution < -0.4 is 10.5 Å². The highest BCUT2D eigenvalue weighted by Gasteiger charge is 2.26. The third-order valence-electron chi connectivity index (χ3n) is 2.27. The highest BCUT2D eigenvalue weighted by Crippen LogP contribution is 2.41. The van der Waals surface area contributed by atoms with Gasteiger partial charge in [0.15, 0.2) is 11.6 Å². The molecule has 0 aromatic heterocycles. The number of hydrogen-bond donors (Lipinski definition) is 1. The molecule has 0 unspecified atom stereocenters. The molecule has 1 aromatic rings. The number of fused-ring (bicyclic) bond motifs is 1. The van der Waals surface area contributed by atoms with Crippen molar-refractivity contribution in [3.05, 3.63) is 28.5 Å². The summed E-state index contributed by atoms with van der Waals surface area (Å²) >= 11 is 5.89. The van der Waals surface area contributed by atoms with Crippen molar-refractivity contribution >= 4 is 23.4 Å². The maximum atomic E-state index is 13.3. The number of benzene rings is 1. The minimum Gasteiger partial charge on any atom is -0.481 e. The summed E-state index contributed by atoms with van der Waals surface area (Å²) < 4.78 is 18.9. The van der Waals surface area contributed by atoms with Crippen molar-refractivity contribution < 1.29 is 9.13 Å². The normalized spacial score (nSPS) is 17.1. The fourth-order valence-corrected chi connectivity index (χ4v) is 1.72. The van der Waals surface area contributed by atoms with Crippen LogP contribution in [0, 0.1) is 5.82 Å². The predicted molar refractivity (Wildman–Crippen MR) is 59.6 cm³/mol. The fraction of sp³-hybridized carbons (Fsp3) is 0.273. The number of halogens is 2. The second-order valence-corrected chi connectivity index (χ2v) is 4.44. The van der Waals surface area contributed by atoms with E-state index in [4.69, 9.17) is 22.1 Å². The topological polar surface area (TPSA) is 35.2 Å². The van der Waals surface area contributed by atoms with Crippen LogP contribution in [-0.4, -0.2) is 5.60 Å². The maximum absolute atomic E-state index is 13.3. The second kappa shape index (κ2) is 3.14. The largest absolute Gasteiger partial charge is 0.481 e. The number of ether oxygens (including phenoxy) is 1. The fourth-order valence-electron chi connectivity index (χ4n) is 1.48. The summed E-state index contributed by atoms with van der Waals surface area (Å²) in [5, 5.41) is 0.309. The van der Waals surface area contributed by atoms with Gasteiger partial charge in [-0.2, -0.15) is 0 Å². The van der Waals surface area contributed by atoms with Crippen molar-refractivity contribution in [2.45, 2.75) is 19.4 Å². The van der Waals surface area contributed by atoms with Gasteiger partial charge < -0.3 is 10.5 Å². The standard InChI is InChI=1S/C11H11ClFNO/c1-11(2)4-3-6-7(12)5-8(13)9(14)10(6)15-11/h3-5H,14H2,1-2H3. The van der Waals surface area contributed by atoms with Crippen molar-refractivity contribution in [2.24, 2.45) is 0 Å². The zero-order valence-corrected chi connectivity index (χ0v) is 9.23. The monoisotopic (exact) mass is 227 g/mol. The van der Waals surface area contributed by atoms with Crippen molar-refractivity contribution in [2.75, 3.05) is 5.73 Å². The quantitative estimate of drug-likeness (QED) is 0.691. The molecule has 2 N–H and O–H groups in total. The van der Waals surface area contributed by atoms with Crippen LogP contribution in [0.4, 0.5) is 10.1 Å². The van der Waals surface area contributed by atoms with Crippen molar-refractivity contribution in [1.29, 1.82) is 0 Å². The number of nitrogens with two attached hydrogens (primary N) is 1. The van der Waals surface area contributed by atoms with Gasteiger partial charge in [-0.3, -0.25) is 0 Å². The van der Waals surface area contributed by atoms with Gasteiger partial charge in [-0.05, 0) is 32.1 Å². The zero-order valence-electron chi connectivity index (χ0n) is 8.47. The van der Waals surface area contributed by atoms with Gasteiger partial charge in [0.25, 0.3) is 0 Å². The molecule has 0 atom stereocenters. The van der Waals surface area contributed by atoms with E-state index in [1.54, 1.807) is 6.08 Å². The van der Waals surface area contributed by atoms with E-state index in [1.165, 1.54) is 6.07 Å². The van der Waals surface area contributed by atoms with E-state index in [1.807, 2.05) is 19.9 Å². The molecule has 2 rings (SSSR count). The van der Waals surface area contributed by atoms with Crippen LogP contribution in [0.15, 0.2) is 12.1 Å². The number of rotatable bonds is 0. The van der Waals surface area contributed by atoms with Gasteiger partial charge in [0.05, 0.1) is 5.02 Å². The Bertz CT molecular complexity index is 454. The predicted octanol–water partition coefficient (Wildman–Crippen LogP) is 3.25. The Morgan fingerprint density at radius 2 is 2.13 bits per heavy atom. The van der Waals surface area contributed by atoms with Gasteiger partial charge >= 0.3 is 0 Å². The highest BCUT2D eigenvalue weighted by molar-refractivity contribution is 6.32. The van der Waals surface area contributed by atoms with Gasteiger partial charge in [-0.25, -0.2) is 4.39 Å². The molecule has 0 aliphatic carbocycles. The second-order valence-electron chi connectivity index (χ2n) is 4.04. The summed E-state index contributed by atoms with van der Waals surface area (Å²) in [5.41, 5.74) is 5.75. The lowest BCUT2D eigenvalue weighted by molar-refractivity contribution is 0.159. The first kappa shape index (κ1) is 10.3. The number of nitrogen functional groups attached to an aromatic ring is 1. The highest BCUT2D eigenvalue weighted by atomic mass is 35.5. The van der Waals surface area contributed by atoms with Crippen LogP contribution in [0.1, 0.15) is 19.4 Å². The lowest BCUT2D eigenvalue weighted by Gasteiger charge is -2.29. The van der Waals surface area contributed by atoms with E-state index in [2.05, 4.69) is 0 Å². The molecule has 0 radical (unpaired) electrons. The first-order valence-corrected chi connectivity index (χ1v) is 4.94. The molecule has 1 aliphatic heterocycles. The van der Waals surface area contributed by atoms with Crippen LogP contribution in [0.5, 0.6) is 5.75 Å². The Morgan fingerprint density at radius 3 is 2.80 bits per heavy atom. The molecule has 15 heavy (non-hydrogen) atoms. The Balaban J connectivity index is 2.66. The van der Waals surface area contributed by atoms with E-state index in [0.717, 1.165) is 0 Å². The molecule has 1 heterocycles. The van der Waals surface area contributed by atoms with Gasteiger partial charge in [0.2, 0.25) is 0 Å². The lowest BCUT2D eigenvalue weighted by Crippen LogP contribution is -2.28. The Hall–Kier alpha value is -1.22. The summed E-state index contributed by atoms with van der Waals surface area (Å²) in [6.45, 7) is 3.73. The van der Waals surface area contributed by atoms with E-state index < -0.39 is 11.4 Å². The molecule has 1 aliphatic rings. The van der Waals surface area contributed by atoms with E-state index in [-0.39, 0.29) is 5.69 Å². The first-order valence-electron chi connectivity index (χ1n) is 4.56. The van der Waals surface area contributed by atoms with E-state index in [9.17, 15) is 4.39 Å². The molecule has 0 saturated carbocycles. The third-order valence-corrected chi connectivity index (χ3v) is 2.59. The van der Waals surface area contributed by atoms with Crippen molar-refractivity contribution in [1.82, 2.24) is 0 Å². The summed E-state index contributed by atoms with van der Waals surface area (Å²) in [5.74, 6) is -0.225. The maximum Gasteiger partial charge on any atom is 0.155 e. The van der Waals surface area contributed by atoms with Crippen LogP contribution in [0.2, 0.25) is 5.02 Å². The van der Waals surface area contributed by atoms with Crippen LogP contribution in [-0.2, 0) is 0 Å². The molecule has 80 valence electrons. The van der Waals surface area contributed by atoms with Crippen LogP contribution >= 0.6 is 11.6 Å². The Labute approximate surface area is 92.5 Å². The Kier molecular flexibility index (Phi) is 2.15. The van der Waals surface area contributed by atoms with Gasteiger partial charge in [-0.1, -0.05) is 11.6 Å². The van der Waals surface area contributed by atoms with Crippen LogP contribution in [0.3, 0.4) is 0 Å². The average molecular weight is 228 g/mol. The SMILES string of the molecule is CC1(C)C=Cc2c(Cl)cc(F)c(N)c2O1. The van der Waals surface area contributed by atoms with Gasteiger partial charge in [0.1, 0.15) is 11.3 Å². The molecule has 0 saturated heterocycles. The minimum absolute atomic E-state index is 0.00632. The molecule has 1 aromatic carbocycles. The lowest BCUT2D eigenvalue weighted by atomic mass is 10.0. The van der Waals surface area contributed by atoms with Crippen molar-refractivity contribution in [3.8, 4) is 5.75 Å². The molecule has 2 nitrogen and oxygen atoms in total. The van der Waals surface area contributed by atoms with Crippen LogP contribution in [0.25, 0.3) is 6.08 Å². The molecular formula is C11H11ClFNO. The summed E-state index contributed by atoms with van der Waals surface area (Å²) in [6, 6.07) is 1.20.